The summed E-state index contributed by atoms with van der Waals surface area (Å²) >= 11 is 0. The average Bonchev–Trinajstić information content (AvgIpc) is 2.41. The molecule has 0 amide bonds. The van der Waals surface area contributed by atoms with Crippen molar-refractivity contribution in [1.82, 2.24) is 5.32 Å². The Morgan fingerprint density at radius 1 is 1.53 bits per heavy atom. The smallest absolute Gasteiger partial charge is 0.308 e. The van der Waals surface area contributed by atoms with Gasteiger partial charge < -0.3 is 15.2 Å². The highest BCUT2D eigenvalue weighted by atomic mass is 16.5. The maximum Gasteiger partial charge on any atom is 0.308 e. The summed E-state index contributed by atoms with van der Waals surface area (Å²) in [7, 11) is 0. The number of hydrogen-bond donors (Lipinski definition) is 2. The zero-order valence-corrected chi connectivity index (χ0v) is 11.9. The number of terminal acetylenes is 1. The van der Waals surface area contributed by atoms with Gasteiger partial charge in [0.1, 0.15) is 0 Å². The fraction of sp³-hybridized carbons (Fsp3) is 0.800. The van der Waals surface area contributed by atoms with Gasteiger partial charge in [0.2, 0.25) is 0 Å². The first-order chi connectivity index (χ1) is 9.04. The van der Waals surface area contributed by atoms with Crippen molar-refractivity contribution in [2.45, 2.75) is 57.6 Å². The van der Waals surface area contributed by atoms with Gasteiger partial charge in [-0.1, -0.05) is 12.8 Å². The molecule has 1 saturated carbocycles. The number of nitrogens with one attached hydrogen (secondary N) is 1. The second-order valence-electron chi connectivity index (χ2n) is 5.26. The first-order valence-corrected chi connectivity index (χ1v) is 7.13. The topological polar surface area (TPSA) is 58.6 Å². The number of hydrogen-bond acceptors (Lipinski definition) is 4. The van der Waals surface area contributed by atoms with Crippen LogP contribution >= 0.6 is 0 Å². The highest BCUT2D eigenvalue weighted by Crippen LogP contribution is 2.32. The van der Waals surface area contributed by atoms with Crippen LogP contribution in [0.1, 0.15) is 46.0 Å². The Morgan fingerprint density at radius 2 is 2.16 bits per heavy atom. The molecule has 0 aromatic carbocycles. The molecule has 1 unspecified atom stereocenters. The van der Waals surface area contributed by atoms with E-state index in [9.17, 15) is 9.90 Å². The van der Waals surface area contributed by atoms with Crippen molar-refractivity contribution in [3.05, 3.63) is 0 Å². The lowest BCUT2D eigenvalue weighted by molar-refractivity contribution is -0.151. The number of rotatable bonds is 6. The Balaban J connectivity index is 2.39. The zero-order valence-electron chi connectivity index (χ0n) is 11.9. The standard InChI is InChI=1S/C15H25NO3/c1-4-13(5-2)16-11-15(18)9-7-12(8-10-15)14(17)19-6-3/h1,12-13,16,18H,5-11H2,2-3H3. The van der Waals surface area contributed by atoms with Crippen molar-refractivity contribution in [1.29, 1.82) is 0 Å². The predicted octanol–water partition coefficient (Wildman–Crippen LogP) is 1.47. The van der Waals surface area contributed by atoms with E-state index in [0.717, 1.165) is 6.42 Å². The number of carbonyl (C=O) groups is 1. The minimum absolute atomic E-state index is 0.00630. The van der Waals surface area contributed by atoms with Crippen LogP contribution in [0, 0.1) is 18.3 Å². The summed E-state index contributed by atoms with van der Waals surface area (Å²) in [4.78, 5) is 11.6. The number of ether oxygens (including phenoxy) is 1. The SMILES string of the molecule is C#CC(CC)NCC1(O)CCC(C(=O)OCC)CC1. The van der Waals surface area contributed by atoms with Gasteiger partial charge in [0.25, 0.3) is 0 Å². The van der Waals surface area contributed by atoms with E-state index in [1.807, 2.05) is 13.8 Å². The molecule has 19 heavy (non-hydrogen) atoms. The van der Waals surface area contributed by atoms with E-state index in [0.29, 0.717) is 38.8 Å². The quantitative estimate of drug-likeness (QED) is 0.565. The first kappa shape index (κ1) is 16.0. The Labute approximate surface area is 115 Å². The fourth-order valence-corrected chi connectivity index (χ4v) is 2.46. The van der Waals surface area contributed by atoms with Crippen LogP contribution in [0.2, 0.25) is 0 Å². The van der Waals surface area contributed by atoms with Crippen molar-refractivity contribution >= 4 is 5.97 Å². The molecule has 0 heterocycles. The Morgan fingerprint density at radius 3 is 2.63 bits per heavy atom. The highest BCUT2D eigenvalue weighted by molar-refractivity contribution is 5.72. The molecule has 0 aliphatic heterocycles. The molecular formula is C15H25NO3. The van der Waals surface area contributed by atoms with Crippen molar-refractivity contribution in [2.24, 2.45) is 5.92 Å². The van der Waals surface area contributed by atoms with Crippen LogP contribution in [0.15, 0.2) is 0 Å². The average molecular weight is 267 g/mol. The van der Waals surface area contributed by atoms with Crippen LogP contribution < -0.4 is 5.32 Å². The number of aliphatic hydroxyl groups is 1. The third kappa shape index (κ3) is 4.85. The predicted molar refractivity (Wildman–Crippen MR) is 74.5 cm³/mol. The van der Waals surface area contributed by atoms with Gasteiger partial charge in [0.05, 0.1) is 24.2 Å². The van der Waals surface area contributed by atoms with Crippen LogP contribution in [-0.4, -0.2) is 35.9 Å². The lowest BCUT2D eigenvalue weighted by atomic mass is 9.78. The van der Waals surface area contributed by atoms with Crippen molar-refractivity contribution < 1.29 is 14.6 Å². The molecule has 4 nitrogen and oxygen atoms in total. The van der Waals surface area contributed by atoms with Crippen LogP contribution in [-0.2, 0) is 9.53 Å². The molecule has 108 valence electrons. The first-order valence-electron chi connectivity index (χ1n) is 7.13. The lowest BCUT2D eigenvalue weighted by Gasteiger charge is -2.36. The minimum Gasteiger partial charge on any atom is -0.466 e. The molecule has 1 atom stereocenters. The van der Waals surface area contributed by atoms with Gasteiger partial charge >= 0.3 is 5.97 Å². The molecular weight excluding hydrogens is 242 g/mol. The van der Waals surface area contributed by atoms with Crippen LogP contribution in [0.25, 0.3) is 0 Å². The number of carbonyl (C=O) groups excluding carboxylic acids is 1. The lowest BCUT2D eigenvalue weighted by Crippen LogP contribution is -2.47. The Hall–Kier alpha value is -1.05. The van der Waals surface area contributed by atoms with E-state index in [4.69, 9.17) is 11.2 Å². The van der Waals surface area contributed by atoms with E-state index in [1.54, 1.807) is 0 Å². The molecule has 1 fully saturated rings. The molecule has 0 aromatic rings. The van der Waals surface area contributed by atoms with Gasteiger partial charge in [-0.05, 0) is 39.0 Å². The van der Waals surface area contributed by atoms with E-state index < -0.39 is 5.60 Å². The second-order valence-corrected chi connectivity index (χ2v) is 5.26. The Kier molecular flexibility index (Phi) is 6.33. The minimum atomic E-state index is -0.743. The van der Waals surface area contributed by atoms with Gasteiger partial charge in [-0.3, -0.25) is 4.79 Å². The third-order valence-corrected chi connectivity index (χ3v) is 3.82. The normalized spacial score (nSPS) is 28.4. The van der Waals surface area contributed by atoms with Crippen molar-refractivity contribution in [2.75, 3.05) is 13.2 Å². The van der Waals surface area contributed by atoms with Gasteiger partial charge in [-0.15, -0.1) is 6.42 Å². The van der Waals surface area contributed by atoms with E-state index in [2.05, 4.69) is 11.2 Å². The maximum atomic E-state index is 11.6. The van der Waals surface area contributed by atoms with Gasteiger partial charge in [0, 0.05) is 6.54 Å². The summed E-state index contributed by atoms with van der Waals surface area (Å²) in [5.41, 5.74) is -0.743. The summed E-state index contributed by atoms with van der Waals surface area (Å²) in [6, 6.07) is 0.00630. The zero-order chi connectivity index (χ0) is 14.3. The number of esters is 1. The van der Waals surface area contributed by atoms with E-state index in [1.165, 1.54) is 0 Å². The summed E-state index contributed by atoms with van der Waals surface area (Å²) in [6.07, 6.45) is 8.83. The van der Waals surface area contributed by atoms with Gasteiger partial charge in [0.15, 0.2) is 0 Å². The monoisotopic (exact) mass is 267 g/mol. The molecule has 0 radical (unpaired) electrons. The van der Waals surface area contributed by atoms with E-state index >= 15 is 0 Å². The summed E-state index contributed by atoms with van der Waals surface area (Å²) in [5.74, 6) is 2.46. The molecule has 0 aromatic heterocycles. The summed E-state index contributed by atoms with van der Waals surface area (Å²) in [5, 5.41) is 13.7. The molecule has 0 spiro atoms. The van der Waals surface area contributed by atoms with E-state index in [-0.39, 0.29) is 17.9 Å². The van der Waals surface area contributed by atoms with Crippen molar-refractivity contribution in [3.8, 4) is 12.3 Å². The largest absolute Gasteiger partial charge is 0.466 e. The van der Waals surface area contributed by atoms with Crippen LogP contribution in [0.4, 0.5) is 0 Å². The van der Waals surface area contributed by atoms with Crippen LogP contribution in [0.3, 0.4) is 0 Å². The molecule has 1 aliphatic carbocycles. The molecule has 0 saturated heterocycles. The molecule has 1 rings (SSSR count). The molecule has 2 N–H and O–H groups in total. The second kappa shape index (κ2) is 7.52. The molecule has 1 aliphatic rings. The fourth-order valence-electron chi connectivity index (χ4n) is 2.46. The summed E-state index contributed by atoms with van der Waals surface area (Å²) in [6.45, 7) is 4.73. The van der Waals surface area contributed by atoms with Gasteiger partial charge in [-0.25, -0.2) is 0 Å². The maximum absolute atomic E-state index is 11.6. The molecule has 0 bridgehead atoms. The Bertz CT molecular complexity index is 327. The summed E-state index contributed by atoms with van der Waals surface area (Å²) < 4.78 is 5.02. The van der Waals surface area contributed by atoms with Crippen molar-refractivity contribution in [3.63, 3.8) is 0 Å². The molecule has 4 heteroatoms. The third-order valence-electron chi connectivity index (χ3n) is 3.82. The van der Waals surface area contributed by atoms with Gasteiger partial charge in [-0.2, -0.15) is 0 Å². The van der Waals surface area contributed by atoms with Crippen LogP contribution in [0.5, 0.6) is 0 Å². The highest BCUT2D eigenvalue weighted by Gasteiger charge is 2.36.